The average molecular weight is 374 g/mol. The number of nitrogens with one attached hydrogen (secondary N) is 1. The Hall–Kier alpha value is -3.23. The Morgan fingerprint density at radius 1 is 1.30 bits per heavy atom. The van der Waals surface area contributed by atoms with Crippen molar-refractivity contribution in [3.8, 4) is 23.0 Å². The van der Waals surface area contributed by atoms with Crippen LogP contribution in [0.25, 0.3) is 22.2 Å². The molecule has 0 spiro atoms. The van der Waals surface area contributed by atoms with E-state index in [1.807, 2.05) is 0 Å². The second-order valence-corrected chi connectivity index (χ2v) is 6.11. The van der Waals surface area contributed by atoms with E-state index in [2.05, 4.69) is 20.3 Å². The number of nitrogens with zero attached hydrogens (tertiary/aromatic N) is 4. The average Bonchev–Trinajstić information content (AvgIpc) is 3.31. The first-order chi connectivity index (χ1) is 14.2. The maximum Gasteiger partial charge on any atom is 0.231 e. The number of aryl methyl sites for hydroxylation is 1. The van der Waals surface area contributed by atoms with Crippen molar-refractivity contribution in [2.45, 2.75) is 12.6 Å². The number of carbonyl (C=O) groups excluding carboxylic acids is 1. The van der Waals surface area contributed by atoms with Crippen LogP contribution in [0.3, 0.4) is 0 Å². The highest BCUT2D eigenvalue weighted by Gasteiger charge is 2.43. The van der Waals surface area contributed by atoms with Gasteiger partial charge in [-0.1, -0.05) is 0 Å². The molecule has 3 aromatic rings. The van der Waals surface area contributed by atoms with Gasteiger partial charge < -0.3 is 19.4 Å². The number of methoxy groups -OCH3 is 2. The molecule has 0 aromatic carbocycles. The Morgan fingerprint density at radius 3 is 2.59 bits per heavy atom. The molecule has 8 nitrogen and oxygen atoms in total. The molecular formula is C18H18FN5O3. The molecule has 3 heterocycles. The molecule has 27 heavy (non-hydrogen) atoms. The number of aromatic nitrogens is 4. The number of hydrogen-bond donors (Lipinski definition) is 1. The van der Waals surface area contributed by atoms with Crippen LogP contribution in [0.1, 0.15) is 10.5 Å². The summed E-state index contributed by atoms with van der Waals surface area (Å²) in [5.41, 5.74) is 0.792. The van der Waals surface area contributed by atoms with Crippen molar-refractivity contribution in [2.75, 3.05) is 19.5 Å². The van der Waals surface area contributed by atoms with Gasteiger partial charge in [-0.05, 0) is 18.6 Å². The van der Waals surface area contributed by atoms with Crippen LogP contribution < -0.4 is 14.8 Å². The normalized spacial score (nSPS) is 20.5. The van der Waals surface area contributed by atoms with E-state index in [9.17, 15) is 9.18 Å². The first-order valence-electron chi connectivity index (χ1n) is 9.65. The predicted octanol–water partition coefficient (Wildman–Crippen LogP) is 2.34. The van der Waals surface area contributed by atoms with Gasteiger partial charge in [-0.2, -0.15) is 0 Å². The lowest BCUT2D eigenvalue weighted by Gasteiger charge is -2.11. The largest absolute Gasteiger partial charge is 0.480 e. The summed E-state index contributed by atoms with van der Waals surface area (Å²) in [5.74, 6) is -0.646. The zero-order chi connectivity index (χ0) is 21.6. The van der Waals surface area contributed by atoms with E-state index in [4.69, 9.17) is 13.6 Å². The molecule has 1 N–H and O–H groups in total. The molecule has 2 atom stereocenters. The summed E-state index contributed by atoms with van der Waals surface area (Å²) in [6.07, 6.45) is 1.65. The molecule has 3 aromatic heterocycles. The lowest BCUT2D eigenvalue weighted by molar-refractivity contribution is -0.117. The van der Waals surface area contributed by atoms with Crippen LogP contribution >= 0.6 is 0 Å². The number of hydrogen-bond acceptors (Lipinski definition) is 6. The lowest BCUT2D eigenvalue weighted by atomic mass is 10.2. The van der Waals surface area contributed by atoms with E-state index < -0.39 is 25.0 Å². The maximum atomic E-state index is 13.1. The van der Waals surface area contributed by atoms with Crippen LogP contribution in [-0.4, -0.2) is 45.8 Å². The number of amides is 1. The van der Waals surface area contributed by atoms with Gasteiger partial charge in [0.1, 0.15) is 23.9 Å². The van der Waals surface area contributed by atoms with E-state index in [0.29, 0.717) is 10.9 Å². The first kappa shape index (κ1) is 13.9. The van der Waals surface area contributed by atoms with Gasteiger partial charge in [-0.3, -0.25) is 4.79 Å². The molecule has 0 saturated heterocycles. The van der Waals surface area contributed by atoms with Gasteiger partial charge in [0.15, 0.2) is 0 Å². The quantitative estimate of drug-likeness (QED) is 0.737. The molecule has 1 aliphatic carbocycles. The summed E-state index contributed by atoms with van der Waals surface area (Å²) >= 11 is 0. The predicted molar refractivity (Wildman–Crippen MR) is 96.5 cm³/mol. The van der Waals surface area contributed by atoms with Gasteiger partial charge in [0.05, 0.1) is 37.5 Å². The van der Waals surface area contributed by atoms with Gasteiger partial charge in [-0.25, -0.2) is 19.3 Å². The van der Waals surface area contributed by atoms with E-state index in [1.54, 1.807) is 6.07 Å². The molecule has 140 valence electrons. The van der Waals surface area contributed by atoms with E-state index in [0.717, 1.165) is 4.57 Å². The molecule has 1 aliphatic rings. The molecule has 2 unspecified atom stereocenters. The number of alkyl halides is 1. The first-order valence-corrected chi connectivity index (χ1v) is 8.15. The Balaban J connectivity index is 1.87. The number of halogens is 1. The second kappa shape index (κ2) is 6.49. The highest BCUT2D eigenvalue weighted by atomic mass is 19.1. The summed E-state index contributed by atoms with van der Waals surface area (Å²) in [4.78, 5) is 24.2. The van der Waals surface area contributed by atoms with Crippen molar-refractivity contribution < 1.29 is 22.8 Å². The molecular weight excluding hydrogens is 353 g/mol. The van der Waals surface area contributed by atoms with E-state index >= 15 is 0 Å². The van der Waals surface area contributed by atoms with Crippen molar-refractivity contribution in [1.29, 1.82) is 0 Å². The van der Waals surface area contributed by atoms with Crippen LogP contribution in [0.2, 0.25) is 0 Å². The fourth-order valence-electron chi connectivity index (χ4n) is 2.90. The molecule has 1 fully saturated rings. The Morgan fingerprint density at radius 2 is 2.00 bits per heavy atom. The topological polar surface area (TPSA) is 91.2 Å². The number of carbonyl (C=O) groups is 1. The van der Waals surface area contributed by atoms with Crippen molar-refractivity contribution in [3.63, 3.8) is 0 Å². The minimum absolute atomic E-state index is 0.138. The number of anilines is 1. The summed E-state index contributed by atoms with van der Waals surface area (Å²) in [5, 5.41) is 3.06. The number of pyridine rings is 1. The van der Waals surface area contributed by atoms with Crippen molar-refractivity contribution in [2.24, 2.45) is 12.9 Å². The summed E-state index contributed by atoms with van der Waals surface area (Å²) in [6.45, 7) is -2.56. The van der Waals surface area contributed by atoms with Gasteiger partial charge in [0.2, 0.25) is 17.7 Å². The van der Waals surface area contributed by atoms with Crippen molar-refractivity contribution >= 4 is 22.6 Å². The Labute approximate surface area is 158 Å². The summed E-state index contributed by atoms with van der Waals surface area (Å²) in [7, 11) is 2.80. The van der Waals surface area contributed by atoms with Crippen LogP contribution in [0, 0.1) is 5.92 Å². The lowest BCUT2D eigenvalue weighted by Crippen LogP contribution is -2.15. The smallest absolute Gasteiger partial charge is 0.231 e. The van der Waals surface area contributed by atoms with Crippen LogP contribution in [-0.2, 0) is 11.8 Å². The third-order valence-corrected chi connectivity index (χ3v) is 4.41. The Kier molecular flexibility index (Phi) is 3.34. The molecule has 0 aliphatic heterocycles. The maximum absolute atomic E-state index is 13.1. The number of rotatable bonds is 5. The highest BCUT2D eigenvalue weighted by Crippen LogP contribution is 2.38. The van der Waals surface area contributed by atoms with Crippen LogP contribution in [0.15, 0.2) is 24.7 Å². The molecule has 0 radical (unpaired) electrons. The van der Waals surface area contributed by atoms with Crippen molar-refractivity contribution in [3.05, 3.63) is 24.7 Å². The highest BCUT2D eigenvalue weighted by molar-refractivity contribution is 5.96. The van der Waals surface area contributed by atoms with Gasteiger partial charge in [0, 0.05) is 16.5 Å². The minimum Gasteiger partial charge on any atom is -0.480 e. The van der Waals surface area contributed by atoms with E-state index in [1.165, 1.54) is 32.8 Å². The summed E-state index contributed by atoms with van der Waals surface area (Å²) in [6, 6.07) is 3.12. The van der Waals surface area contributed by atoms with Crippen LogP contribution in [0.5, 0.6) is 11.8 Å². The number of fused-ring (bicyclic) bond motifs is 1. The standard InChI is InChI=1S/C18H18FN5O3/c1-24-12(15-17(26-2)21-8-22-18(15)27-3)4-9-5-14(20-7-13(9)24)23-16(25)10-6-11(10)19/h4-5,7-8,10-11H,6H2,1-3H3,(H,20,23,25)/i1D3. The third kappa shape index (κ3) is 2.94. The SMILES string of the molecule is [2H]C([2H])([2H])n1c(-c2c(OC)ncnc2OC)cc2cc(NC(=O)C3CC3F)ncc21. The second-order valence-electron chi connectivity index (χ2n) is 6.11. The van der Waals surface area contributed by atoms with Gasteiger partial charge in [-0.15, -0.1) is 0 Å². The van der Waals surface area contributed by atoms with Gasteiger partial charge >= 0.3 is 0 Å². The summed E-state index contributed by atoms with van der Waals surface area (Å²) < 4.78 is 48.8. The fraction of sp³-hybridized carbons (Fsp3) is 0.333. The van der Waals surface area contributed by atoms with E-state index in [-0.39, 0.29) is 35.3 Å². The Bertz CT molecular complexity index is 1110. The third-order valence-electron chi connectivity index (χ3n) is 4.41. The zero-order valence-corrected chi connectivity index (χ0v) is 14.6. The molecule has 1 saturated carbocycles. The van der Waals surface area contributed by atoms with Gasteiger partial charge in [0.25, 0.3) is 0 Å². The van der Waals surface area contributed by atoms with Crippen molar-refractivity contribution in [1.82, 2.24) is 19.5 Å². The molecule has 4 rings (SSSR count). The molecule has 0 bridgehead atoms. The fourth-order valence-corrected chi connectivity index (χ4v) is 2.90. The van der Waals surface area contributed by atoms with Crippen LogP contribution in [0.4, 0.5) is 10.2 Å². The number of ether oxygens (including phenoxy) is 2. The monoisotopic (exact) mass is 374 g/mol. The minimum atomic E-state index is -2.56. The zero-order valence-electron chi connectivity index (χ0n) is 17.6. The molecule has 1 amide bonds. The molecule has 9 heteroatoms.